The van der Waals surface area contributed by atoms with Gasteiger partial charge in [-0.1, -0.05) is 64.9 Å². The minimum Gasteiger partial charge on any atom is -0.378 e. The van der Waals surface area contributed by atoms with Crippen LogP contribution in [-0.4, -0.2) is 44.8 Å². The van der Waals surface area contributed by atoms with Gasteiger partial charge in [-0.25, -0.2) is 4.39 Å². The number of aromatic nitrogens is 3. The summed E-state index contributed by atoms with van der Waals surface area (Å²) in [5, 5.41) is 23.7. The monoisotopic (exact) mass is 505 g/mol. The highest BCUT2D eigenvalue weighted by Crippen LogP contribution is 2.33. The molecule has 1 saturated carbocycles. The van der Waals surface area contributed by atoms with Gasteiger partial charge in [0.25, 0.3) is 11.8 Å². The van der Waals surface area contributed by atoms with Gasteiger partial charge in [0.15, 0.2) is 6.10 Å². The van der Waals surface area contributed by atoms with E-state index >= 15 is 0 Å². The van der Waals surface area contributed by atoms with Crippen LogP contribution in [0.1, 0.15) is 36.5 Å². The molecule has 0 bridgehead atoms. The number of rotatable bonds is 10. The second-order valence-corrected chi connectivity index (χ2v) is 8.67. The molecule has 0 aliphatic heterocycles. The van der Waals surface area contributed by atoms with Gasteiger partial charge in [-0.05, 0) is 18.4 Å². The Bertz CT molecular complexity index is 1380. The van der Waals surface area contributed by atoms with Gasteiger partial charge in [-0.2, -0.15) is 4.98 Å². The largest absolute Gasteiger partial charge is 0.378 e. The maximum Gasteiger partial charge on any atom is 0.297 e. The van der Waals surface area contributed by atoms with Gasteiger partial charge in [0.2, 0.25) is 17.5 Å². The third-order valence-electron chi connectivity index (χ3n) is 5.92. The van der Waals surface area contributed by atoms with E-state index in [0.717, 1.165) is 12.8 Å². The van der Waals surface area contributed by atoms with Crippen molar-refractivity contribution in [2.45, 2.75) is 38.1 Å². The van der Waals surface area contributed by atoms with Crippen LogP contribution in [0.25, 0.3) is 34.3 Å². The van der Waals surface area contributed by atoms with Crippen LogP contribution in [0.2, 0.25) is 0 Å². The summed E-state index contributed by atoms with van der Waals surface area (Å²) < 4.78 is 24.5. The molecule has 1 unspecified atom stereocenters. The molecule has 11 heteroatoms. The summed E-state index contributed by atoms with van der Waals surface area (Å²) in [6, 6.07) is 15.7. The first-order chi connectivity index (χ1) is 18.0. The Morgan fingerprint density at radius 3 is 2.49 bits per heavy atom. The Hall–Kier alpha value is -4.38. The number of aliphatic hydroxyl groups is 1. The zero-order chi connectivity index (χ0) is 25.8. The zero-order valence-electron chi connectivity index (χ0n) is 19.7. The Kier molecular flexibility index (Phi) is 7.04. The van der Waals surface area contributed by atoms with Gasteiger partial charge in [0, 0.05) is 30.1 Å². The van der Waals surface area contributed by atoms with Gasteiger partial charge in [-0.3, -0.25) is 9.59 Å². The highest BCUT2D eigenvalue weighted by atomic mass is 19.1. The topological polar surface area (TPSA) is 143 Å². The standard InChI is InChI=1S/C26H24FN5O5/c27-14-19-21(15-4-2-1-3-5-15)31-36-23(19)26-30-24(32-37-26)17-8-6-16(7-9-17)22(34)25(35)28-13-12-20(33)29-18-10-11-18/h1-9,18,22,34H,10-14H2,(H,28,35)(H,29,33). The number of nitrogens with one attached hydrogen (secondary N) is 2. The number of nitrogens with zero attached hydrogens (tertiary/aromatic N) is 3. The van der Waals surface area contributed by atoms with Crippen LogP contribution in [0, 0.1) is 0 Å². The lowest BCUT2D eigenvalue weighted by molar-refractivity contribution is -0.129. The van der Waals surface area contributed by atoms with E-state index < -0.39 is 18.7 Å². The number of alkyl halides is 1. The predicted molar refractivity (Wildman–Crippen MR) is 129 cm³/mol. The second kappa shape index (κ2) is 10.7. The molecule has 3 N–H and O–H groups in total. The number of carbonyl (C=O) groups excluding carboxylic acids is 2. The van der Waals surface area contributed by atoms with Crippen molar-refractivity contribution in [2.75, 3.05) is 6.54 Å². The molecule has 2 heterocycles. The van der Waals surface area contributed by atoms with Gasteiger partial charge in [-0.15, -0.1) is 0 Å². The molecule has 4 aromatic rings. The second-order valence-electron chi connectivity index (χ2n) is 8.67. The SMILES string of the molecule is O=C(CCNC(=O)C(O)c1ccc(-c2noc(-c3onc(-c4ccccc4)c3CF)n2)cc1)NC1CC1. The molecule has 37 heavy (non-hydrogen) atoms. The summed E-state index contributed by atoms with van der Waals surface area (Å²) in [4.78, 5) is 28.3. The highest BCUT2D eigenvalue weighted by molar-refractivity contribution is 5.83. The molecular formula is C26H24FN5O5. The quantitative estimate of drug-likeness (QED) is 0.298. The van der Waals surface area contributed by atoms with E-state index in [-0.39, 0.29) is 48.0 Å². The summed E-state index contributed by atoms with van der Waals surface area (Å²) >= 11 is 0. The van der Waals surface area contributed by atoms with E-state index in [0.29, 0.717) is 22.4 Å². The molecule has 0 saturated heterocycles. The molecule has 1 atom stereocenters. The van der Waals surface area contributed by atoms with Crippen LogP contribution >= 0.6 is 0 Å². The van der Waals surface area contributed by atoms with E-state index in [9.17, 15) is 19.1 Å². The summed E-state index contributed by atoms with van der Waals surface area (Å²) in [5.41, 5.74) is 2.17. The van der Waals surface area contributed by atoms with Crippen LogP contribution in [0.5, 0.6) is 0 Å². The molecule has 10 nitrogen and oxygen atoms in total. The number of amides is 2. The molecule has 2 aromatic heterocycles. The molecule has 190 valence electrons. The van der Waals surface area contributed by atoms with Gasteiger partial charge >= 0.3 is 0 Å². The molecule has 1 aliphatic carbocycles. The Balaban J connectivity index is 1.23. The first-order valence-corrected chi connectivity index (χ1v) is 11.8. The molecule has 0 radical (unpaired) electrons. The number of halogens is 1. The zero-order valence-corrected chi connectivity index (χ0v) is 19.7. The normalized spacial score (nSPS) is 13.8. The molecule has 5 rings (SSSR count). The van der Waals surface area contributed by atoms with Gasteiger partial charge < -0.3 is 24.8 Å². The molecule has 1 fully saturated rings. The molecular weight excluding hydrogens is 481 g/mol. The Morgan fingerprint density at radius 1 is 1.03 bits per heavy atom. The molecule has 2 aromatic carbocycles. The van der Waals surface area contributed by atoms with Crippen LogP contribution in [0.4, 0.5) is 4.39 Å². The van der Waals surface area contributed by atoms with Crippen molar-refractivity contribution in [3.8, 4) is 34.3 Å². The minimum atomic E-state index is -1.40. The van der Waals surface area contributed by atoms with Crippen molar-refractivity contribution < 1.29 is 28.1 Å². The molecule has 1 aliphatic rings. The van der Waals surface area contributed by atoms with Crippen molar-refractivity contribution in [1.82, 2.24) is 25.9 Å². The third kappa shape index (κ3) is 5.56. The number of hydrogen-bond donors (Lipinski definition) is 3. The van der Waals surface area contributed by atoms with E-state index in [1.807, 2.05) is 18.2 Å². The highest BCUT2D eigenvalue weighted by Gasteiger charge is 2.25. The van der Waals surface area contributed by atoms with Crippen molar-refractivity contribution in [1.29, 1.82) is 0 Å². The summed E-state index contributed by atoms with van der Waals surface area (Å²) in [7, 11) is 0. The van der Waals surface area contributed by atoms with Crippen molar-refractivity contribution in [2.24, 2.45) is 0 Å². The Morgan fingerprint density at radius 2 is 1.78 bits per heavy atom. The fraction of sp³-hybridized carbons (Fsp3) is 0.269. The third-order valence-corrected chi connectivity index (χ3v) is 5.92. The lowest BCUT2D eigenvalue weighted by Crippen LogP contribution is -2.34. The Labute approximate surface area is 210 Å². The van der Waals surface area contributed by atoms with E-state index in [1.54, 1.807) is 36.4 Å². The van der Waals surface area contributed by atoms with Gasteiger partial charge in [0.1, 0.15) is 12.4 Å². The fourth-order valence-electron chi connectivity index (χ4n) is 3.75. The van der Waals surface area contributed by atoms with E-state index in [2.05, 4.69) is 25.9 Å². The molecule has 2 amide bonds. The van der Waals surface area contributed by atoms with E-state index in [4.69, 9.17) is 9.05 Å². The minimum absolute atomic E-state index is 0.0217. The van der Waals surface area contributed by atoms with Crippen LogP contribution in [-0.2, 0) is 16.3 Å². The number of carbonyl (C=O) groups is 2. The first-order valence-electron chi connectivity index (χ1n) is 11.8. The maximum absolute atomic E-state index is 13.9. The average Bonchev–Trinajstić information content (AvgIpc) is 3.42. The van der Waals surface area contributed by atoms with Gasteiger partial charge in [0.05, 0.1) is 5.56 Å². The molecule has 0 spiro atoms. The first kappa shape index (κ1) is 24.3. The fourth-order valence-corrected chi connectivity index (χ4v) is 3.75. The van der Waals surface area contributed by atoms with Crippen molar-refractivity contribution in [3.05, 3.63) is 65.7 Å². The van der Waals surface area contributed by atoms with Crippen molar-refractivity contribution >= 4 is 11.8 Å². The maximum atomic E-state index is 13.9. The lowest BCUT2D eigenvalue weighted by Gasteiger charge is -2.12. The number of aliphatic hydroxyl groups excluding tert-OH is 1. The average molecular weight is 506 g/mol. The summed E-state index contributed by atoms with van der Waals surface area (Å²) in [5.74, 6) is -0.487. The van der Waals surface area contributed by atoms with Crippen LogP contribution in [0.15, 0.2) is 63.6 Å². The van der Waals surface area contributed by atoms with E-state index in [1.165, 1.54) is 0 Å². The lowest BCUT2D eigenvalue weighted by atomic mass is 10.1. The van der Waals surface area contributed by atoms with Crippen LogP contribution < -0.4 is 10.6 Å². The van der Waals surface area contributed by atoms with Crippen molar-refractivity contribution in [3.63, 3.8) is 0 Å². The summed E-state index contributed by atoms with van der Waals surface area (Å²) in [6.45, 7) is -0.701. The van der Waals surface area contributed by atoms with Crippen LogP contribution in [0.3, 0.4) is 0 Å². The number of benzene rings is 2. The number of hydrogen-bond acceptors (Lipinski definition) is 8. The summed E-state index contributed by atoms with van der Waals surface area (Å²) in [6.07, 6.45) is 0.729. The predicted octanol–water partition coefficient (Wildman–Crippen LogP) is 3.35. The smallest absolute Gasteiger partial charge is 0.297 e.